The Morgan fingerprint density at radius 1 is 1.23 bits per heavy atom. The number of ether oxygens (including phenoxy) is 1. The van der Waals surface area contributed by atoms with Gasteiger partial charge >= 0.3 is 5.97 Å². The van der Waals surface area contributed by atoms with Crippen molar-refractivity contribution in [2.24, 2.45) is 7.05 Å². The van der Waals surface area contributed by atoms with Gasteiger partial charge in [-0.25, -0.2) is 4.79 Å². The lowest BCUT2D eigenvalue weighted by Gasteiger charge is -2.38. The second kappa shape index (κ2) is 7.59. The second-order valence-corrected chi connectivity index (χ2v) is 6.62. The summed E-state index contributed by atoms with van der Waals surface area (Å²) >= 11 is 0. The first-order chi connectivity index (χ1) is 12.5. The monoisotopic (exact) mass is 357 g/mol. The average Bonchev–Trinajstić information content (AvgIpc) is 3.06. The van der Waals surface area contributed by atoms with Crippen molar-refractivity contribution in [2.75, 3.05) is 13.1 Å². The van der Waals surface area contributed by atoms with Crippen LogP contribution in [0.25, 0.3) is 0 Å². The standard InChI is InChI=1S/C19H23N3O4/c1-21-14-15(13-20-21)7-8-17(23)22-11-9-19(10-12-22,18(24)25)26-16-5-3-2-4-6-16/h2-6,13-14H,7-12H2,1H3,(H,24,25). The summed E-state index contributed by atoms with van der Waals surface area (Å²) in [6.07, 6.45) is 5.23. The summed E-state index contributed by atoms with van der Waals surface area (Å²) in [5, 5.41) is 13.8. The number of hydrogen-bond acceptors (Lipinski definition) is 4. The molecule has 1 N–H and O–H groups in total. The molecular weight excluding hydrogens is 334 g/mol. The minimum absolute atomic E-state index is 0.0348. The van der Waals surface area contributed by atoms with Crippen LogP contribution in [0.15, 0.2) is 42.7 Å². The van der Waals surface area contributed by atoms with Crippen LogP contribution in [0.2, 0.25) is 0 Å². The molecule has 0 bridgehead atoms. The van der Waals surface area contributed by atoms with Gasteiger partial charge in [0, 0.05) is 45.6 Å². The van der Waals surface area contributed by atoms with Crippen molar-refractivity contribution in [3.05, 3.63) is 48.3 Å². The van der Waals surface area contributed by atoms with E-state index < -0.39 is 11.6 Å². The maximum absolute atomic E-state index is 12.4. The highest BCUT2D eigenvalue weighted by atomic mass is 16.5. The van der Waals surface area contributed by atoms with Gasteiger partial charge in [-0.3, -0.25) is 9.48 Å². The fraction of sp³-hybridized carbons (Fsp3) is 0.421. The third-order valence-electron chi connectivity index (χ3n) is 4.76. The van der Waals surface area contributed by atoms with Crippen LogP contribution in [0.5, 0.6) is 5.75 Å². The number of piperidine rings is 1. The third kappa shape index (κ3) is 4.04. The average molecular weight is 357 g/mol. The van der Waals surface area contributed by atoms with E-state index in [1.807, 2.05) is 31.4 Å². The molecule has 138 valence electrons. The van der Waals surface area contributed by atoms with Crippen molar-refractivity contribution in [3.63, 3.8) is 0 Å². The Kier molecular flexibility index (Phi) is 5.25. The van der Waals surface area contributed by atoms with E-state index in [1.54, 1.807) is 27.9 Å². The first kappa shape index (κ1) is 18.0. The van der Waals surface area contributed by atoms with Crippen molar-refractivity contribution in [1.82, 2.24) is 14.7 Å². The molecule has 0 atom stereocenters. The zero-order chi connectivity index (χ0) is 18.6. The molecule has 2 heterocycles. The maximum atomic E-state index is 12.4. The Labute approximate surface area is 152 Å². The number of aromatic nitrogens is 2. The van der Waals surface area contributed by atoms with Crippen molar-refractivity contribution in [2.45, 2.75) is 31.3 Å². The van der Waals surface area contributed by atoms with E-state index in [9.17, 15) is 14.7 Å². The molecule has 0 unspecified atom stereocenters. The third-order valence-corrected chi connectivity index (χ3v) is 4.76. The quantitative estimate of drug-likeness (QED) is 0.853. The first-order valence-electron chi connectivity index (χ1n) is 8.71. The van der Waals surface area contributed by atoms with Crippen molar-refractivity contribution < 1.29 is 19.4 Å². The SMILES string of the molecule is Cn1cc(CCC(=O)N2CCC(Oc3ccccc3)(C(=O)O)CC2)cn1. The molecule has 1 aromatic heterocycles. The van der Waals surface area contributed by atoms with Gasteiger partial charge in [-0.15, -0.1) is 0 Å². The first-order valence-corrected chi connectivity index (χ1v) is 8.71. The number of nitrogens with zero attached hydrogens (tertiary/aromatic N) is 3. The number of hydrogen-bond donors (Lipinski definition) is 1. The number of benzene rings is 1. The lowest BCUT2D eigenvalue weighted by molar-refractivity contribution is -0.161. The van der Waals surface area contributed by atoms with Crippen LogP contribution in [-0.4, -0.2) is 50.4 Å². The number of carbonyl (C=O) groups is 2. The summed E-state index contributed by atoms with van der Waals surface area (Å²) in [6.45, 7) is 0.760. The number of rotatable bonds is 6. The zero-order valence-corrected chi connectivity index (χ0v) is 14.8. The summed E-state index contributed by atoms with van der Waals surface area (Å²) in [5.74, 6) is -0.414. The Hall–Kier alpha value is -2.83. The molecular formula is C19H23N3O4. The van der Waals surface area contributed by atoms with Gasteiger partial charge in [0.2, 0.25) is 11.5 Å². The molecule has 3 rings (SSSR count). The van der Waals surface area contributed by atoms with Crippen molar-refractivity contribution in [3.8, 4) is 5.75 Å². The van der Waals surface area contributed by atoms with E-state index in [0.717, 1.165) is 5.56 Å². The number of para-hydroxylation sites is 1. The number of likely N-dealkylation sites (tertiary alicyclic amines) is 1. The summed E-state index contributed by atoms with van der Waals surface area (Å²) in [7, 11) is 1.84. The predicted molar refractivity (Wildman–Crippen MR) is 94.8 cm³/mol. The molecule has 0 spiro atoms. The number of aliphatic carboxylic acids is 1. The lowest BCUT2D eigenvalue weighted by atomic mass is 9.90. The highest BCUT2D eigenvalue weighted by Gasteiger charge is 2.44. The molecule has 2 aromatic rings. The molecule has 7 heteroatoms. The molecule has 0 aliphatic carbocycles. The minimum Gasteiger partial charge on any atom is -0.478 e. The number of amides is 1. The normalized spacial score (nSPS) is 16.3. The highest BCUT2D eigenvalue weighted by molar-refractivity contribution is 5.80. The Balaban J connectivity index is 1.57. The van der Waals surface area contributed by atoms with Crippen molar-refractivity contribution >= 4 is 11.9 Å². The van der Waals surface area contributed by atoms with Gasteiger partial charge in [0.15, 0.2) is 0 Å². The number of carboxylic acid groups (broad SMARTS) is 1. The number of carbonyl (C=O) groups excluding carboxylic acids is 1. The molecule has 1 amide bonds. The fourth-order valence-corrected chi connectivity index (χ4v) is 3.20. The van der Waals surface area contributed by atoms with E-state index in [2.05, 4.69) is 5.10 Å². The largest absolute Gasteiger partial charge is 0.478 e. The molecule has 1 aliphatic rings. The van der Waals surface area contributed by atoms with Gasteiger partial charge in [-0.1, -0.05) is 18.2 Å². The zero-order valence-electron chi connectivity index (χ0n) is 14.8. The molecule has 26 heavy (non-hydrogen) atoms. The van der Waals surface area contributed by atoms with Crippen LogP contribution in [0.1, 0.15) is 24.8 Å². The smallest absolute Gasteiger partial charge is 0.348 e. The second-order valence-electron chi connectivity index (χ2n) is 6.62. The van der Waals surface area contributed by atoms with E-state index in [0.29, 0.717) is 31.7 Å². The van der Waals surface area contributed by atoms with Crippen LogP contribution >= 0.6 is 0 Å². The van der Waals surface area contributed by atoms with Gasteiger partial charge in [0.25, 0.3) is 0 Å². The molecule has 1 aliphatic heterocycles. The van der Waals surface area contributed by atoms with Gasteiger partial charge in [0.1, 0.15) is 5.75 Å². The predicted octanol–water partition coefficient (Wildman–Crippen LogP) is 1.88. The lowest BCUT2D eigenvalue weighted by Crippen LogP contribution is -2.54. The maximum Gasteiger partial charge on any atom is 0.348 e. The molecule has 0 saturated carbocycles. The van der Waals surface area contributed by atoms with Crippen LogP contribution < -0.4 is 4.74 Å². The number of carboxylic acids is 1. The minimum atomic E-state index is -1.28. The van der Waals surface area contributed by atoms with Gasteiger partial charge in [0.05, 0.1) is 6.20 Å². The topological polar surface area (TPSA) is 84.7 Å². The number of aryl methyl sites for hydroxylation is 2. The molecule has 7 nitrogen and oxygen atoms in total. The molecule has 1 saturated heterocycles. The van der Waals surface area contributed by atoms with E-state index in [1.165, 1.54) is 0 Å². The van der Waals surface area contributed by atoms with Crippen LogP contribution in [0.3, 0.4) is 0 Å². The fourth-order valence-electron chi connectivity index (χ4n) is 3.20. The van der Waals surface area contributed by atoms with Gasteiger partial charge < -0.3 is 14.7 Å². The Morgan fingerprint density at radius 2 is 1.92 bits per heavy atom. The summed E-state index contributed by atoms with van der Waals surface area (Å²) in [5.41, 5.74) is -0.258. The molecule has 0 radical (unpaired) electrons. The van der Waals surface area contributed by atoms with E-state index in [-0.39, 0.29) is 18.7 Å². The van der Waals surface area contributed by atoms with Crippen LogP contribution in [0.4, 0.5) is 0 Å². The van der Waals surface area contributed by atoms with E-state index in [4.69, 9.17) is 4.74 Å². The summed E-state index contributed by atoms with van der Waals surface area (Å²) in [4.78, 5) is 26.0. The molecule has 1 fully saturated rings. The van der Waals surface area contributed by atoms with Gasteiger partial charge in [-0.2, -0.15) is 5.10 Å². The highest BCUT2D eigenvalue weighted by Crippen LogP contribution is 2.29. The van der Waals surface area contributed by atoms with Gasteiger partial charge in [-0.05, 0) is 24.1 Å². The van der Waals surface area contributed by atoms with Crippen LogP contribution in [-0.2, 0) is 23.1 Å². The van der Waals surface area contributed by atoms with E-state index >= 15 is 0 Å². The Morgan fingerprint density at radius 3 is 2.50 bits per heavy atom. The summed E-state index contributed by atoms with van der Waals surface area (Å²) in [6, 6.07) is 8.96. The Bertz CT molecular complexity index is 764. The molecule has 1 aromatic carbocycles. The van der Waals surface area contributed by atoms with Crippen molar-refractivity contribution in [1.29, 1.82) is 0 Å². The van der Waals surface area contributed by atoms with Crippen LogP contribution in [0, 0.1) is 0 Å². The summed E-state index contributed by atoms with van der Waals surface area (Å²) < 4.78 is 7.53.